The molecule has 0 fully saturated rings. The van der Waals surface area contributed by atoms with E-state index >= 15 is 0 Å². The van der Waals surface area contributed by atoms with Gasteiger partial charge in [-0.15, -0.1) is 12.4 Å². The van der Waals surface area contributed by atoms with Crippen molar-refractivity contribution < 1.29 is 4.79 Å². The van der Waals surface area contributed by atoms with Crippen LogP contribution in [0.4, 0.5) is 0 Å². The number of carbonyl (C=O) groups excluding carboxylic acids is 1. The monoisotopic (exact) mass is 370 g/mol. The van der Waals surface area contributed by atoms with Crippen LogP contribution >= 0.6 is 24.0 Å². The fourth-order valence-corrected chi connectivity index (χ4v) is 2.31. The molecule has 0 bridgehead atoms. The third-order valence-corrected chi connectivity index (χ3v) is 4.20. The van der Waals surface area contributed by atoms with Crippen LogP contribution in [0.1, 0.15) is 30.8 Å². The average Bonchev–Trinajstić information content (AvgIpc) is 3.01. The summed E-state index contributed by atoms with van der Waals surface area (Å²) in [5.41, 5.74) is 8.13. The minimum absolute atomic E-state index is 0. The van der Waals surface area contributed by atoms with Crippen LogP contribution in [0.15, 0.2) is 30.3 Å². The maximum atomic E-state index is 12.4. The molecule has 1 heterocycles. The van der Waals surface area contributed by atoms with Crippen molar-refractivity contribution in [3.05, 3.63) is 41.0 Å². The van der Waals surface area contributed by atoms with Gasteiger partial charge in [-0.3, -0.25) is 9.89 Å². The highest BCUT2D eigenvalue weighted by Crippen LogP contribution is 2.20. The molecule has 2 aromatic rings. The number of rotatable bonds is 6. The van der Waals surface area contributed by atoms with Crippen molar-refractivity contribution in [1.29, 1.82) is 0 Å². The molecule has 132 valence electrons. The zero-order valence-corrected chi connectivity index (χ0v) is 15.7. The van der Waals surface area contributed by atoms with Crippen molar-refractivity contribution >= 4 is 29.9 Å². The number of hydrogen-bond donors (Lipinski definition) is 2. The van der Waals surface area contributed by atoms with E-state index in [2.05, 4.69) is 24.0 Å². The molecule has 1 unspecified atom stereocenters. The van der Waals surface area contributed by atoms with Gasteiger partial charge in [-0.2, -0.15) is 5.10 Å². The van der Waals surface area contributed by atoms with E-state index in [9.17, 15) is 4.79 Å². The number of nitrogens with two attached hydrogens (primary N) is 1. The summed E-state index contributed by atoms with van der Waals surface area (Å²) in [4.78, 5) is 14.1. The third kappa shape index (κ3) is 5.23. The van der Waals surface area contributed by atoms with E-state index in [1.54, 1.807) is 30.1 Å². The molecule has 0 aliphatic heterocycles. The molecule has 1 aromatic heterocycles. The van der Waals surface area contributed by atoms with Crippen LogP contribution in [0.3, 0.4) is 0 Å². The number of aromatic nitrogens is 2. The Morgan fingerprint density at radius 2 is 1.96 bits per heavy atom. The molecular formula is C17H24Cl2N4O. The zero-order valence-electron chi connectivity index (χ0n) is 14.1. The number of carbonyl (C=O) groups is 1. The topological polar surface area (TPSA) is 75.0 Å². The first kappa shape index (κ1) is 20.5. The molecule has 3 N–H and O–H groups in total. The van der Waals surface area contributed by atoms with Gasteiger partial charge < -0.3 is 10.6 Å². The van der Waals surface area contributed by atoms with Crippen LogP contribution in [0.5, 0.6) is 0 Å². The van der Waals surface area contributed by atoms with Crippen LogP contribution in [-0.2, 0) is 0 Å². The minimum atomic E-state index is -0.0892. The lowest BCUT2D eigenvalue weighted by atomic mass is 10.0. The summed E-state index contributed by atoms with van der Waals surface area (Å²) in [6.07, 6.45) is 0.776. The van der Waals surface area contributed by atoms with E-state index in [0.29, 0.717) is 23.2 Å². The Morgan fingerprint density at radius 1 is 1.33 bits per heavy atom. The first-order valence-corrected chi connectivity index (χ1v) is 8.08. The highest BCUT2D eigenvalue weighted by molar-refractivity contribution is 6.30. The summed E-state index contributed by atoms with van der Waals surface area (Å²) >= 11 is 5.88. The Bertz CT molecular complexity index is 655. The van der Waals surface area contributed by atoms with Crippen molar-refractivity contribution in [3.8, 4) is 11.3 Å². The van der Waals surface area contributed by atoms with Crippen molar-refractivity contribution in [2.24, 2.45) is 11.7 Å². The van der Waals surface area contributed by atoms with Crippen LogP contribution in [-0.4, -0.2) is 40.6 Å². The predicted octanol–water partition coefficient (Wildman–Crippen LogP) is 3.60. The highest BCUT2D eigenvalue weighted by Gasteiger charge is 2.17. The lowest BCUT2D eigenvalue weighted by molar-refractivity contribution is 0.0783. The molecule has 7 heteroatoms. The third-order valence-electron chi connectivity index (χ3n) is 3.95. The quantitative estimate of drug-likeness (QED) is 0.815. The summed E-state index contributed by atoms with van der Waals surface area (Å²) < 4.78 is 0. The number of hydrogen-bond acceptors (Lipinski definition) is 3. The van der Waals surface area contributed by atoms with Gasteiger partial charge in [0, 0.05) is 30.2 Å². The summed E-state index contributed by atoms with van der Waals surface area (Å²) in [6, 6.07) is 9.19. The zero-order chi connectivity index (χ0) is 17.0. The molecule has 0 saturated carbocycles. The van der Waals surface area contributed by atoms with Gasteiger partial charge in [0.05, 0.1) is 5.69 Å². The van der Waals surface area contributed by atoms with E-state index < -0.39 is 0 Å². The lowest BCUT2D eigenvalue weighted by Gasteiger charge is -2.21. The summed E-state index contributed by atoms with van der Waals surface area (Å²) in [5, 5.41) is 7.68. The van der Waals surface area contributed by atoms with Gasteiger partial charge in [-0.25, -0.2) is 0 Å². The SMILES string of the molecule is CC(C)C(N)CCN(C)C(=O)c1cc(-c2ccc(Cl)cc2)n[nH]1.Cl. The number of H-pyrrole nitrogens is 1. The molecule has 0 spiro atoms. The van der Waals surface area contributed by atoms with Gasteiger partial charge in [-0.1, -0.05) is 37.6 Å². The molecule has 5 nitrogen and oxygen atoms in total. The standard InChI is InChI=1S/C17H23ClN4O.ClH/c1-11(2)14(19)8-9-22(3)17(23)16-10-15(20-21-16)12-4-6-13(18)7-5-12;/h4-7,10-11,14H,8-9,19H2,1-3H3,(H,20,21);1H. The lowest BCUT2D eigenvalue weighted by Crippen LogP contribution is -2.34. The molecule has 1 atom stereocenters. The fourth-order valence-electron chi connectivity index (χ4n) is 2.18. The molecule has 0 radical (unpaired) electrons. The predicted molar refractivity (Wildman–Crippen MR) is 101 cm³/mol. The van der Waals surface area contributed by atoms with Crippen LogP contribution in [0, 0.1) is 5.92 Å². The molecule has 1 aromatic carbocycles. The number of nitrogens with zero attached hydrogens (tertiary/aromatic N) is 2. The number of nitrogens with one attached hydrogen (secondary N) is 1. The second-order valence-electron chi connectivity index (χ2n) is 6.10. The summed E-state index contributed by atoms with van der Waals surface area (Å²) in [6.45, 7) is 4.78. The molecule has 24 heavy (non-hydrogen) atoms. The van der Waals surface area contributed by atoms with E-state index in [1.807, 2.05) is 12.1 Å². The van der Waals surface area contributed by atoms with Gasteiger partial charge in [0.2, 0.25) is 0 Å². The summed E-state index contributed by atoms with van der Waals surface area (Å²) in [7, 11) is 1.78. The number of aromatic amines is 1. The van der Waals surface area contributed by atoms with E-state index in [1.165, 1.54) is 0 Å². The van der Waals surface area contributed by atoms with Crippen LogP contribution in [0.2, 0.25) is 5.02 Å². The number of benzene rings is 1. The Kier molecular flexibility index (Phi) is 7.73. The second kappa shape index (κ2) is 9.06. The van der Waals surface area contributed by atoms with Gasteiger partial charge in [0.1, 0.15) is 5.69 Å². The Hall–Kier alpha value is -1.56. The molecule has 0 saturated heterocycles. The molecular weight excluding hydrogens is 347 g/mol. The van der Waals surface area contributed by atoms with Crippen LogP contribution < -0.4 is 5.73 Å². The Balaban J connectivity index is 0.00000288. The van der Waals surface area contributed by atoms with Gasteiger partial charge in [0.25, 0.3) is 5.91 Å². The van der Waals surface area contributed by atoms with Crippen LogP contribution in [0.25, 0.3) is 11.3 Å². The largest absolute Gasteiger partial charge is 0.340 e. The number of amides is 1. The fraction of sp³-hybridized carbons (Fsp3) is 0.412. The van der Waals surface area contributed by atoms with E-state index in [0.717, 1.165) is 17.7 Å². The van der Waals surface area contributed by atoms with Crippen molar-refractivity contribution in [2.45, 2.75) is 26.3 Å². The minimum Gasteiger partial charge on any atom is -0.340 e. The van der Waals surface area contributed by atoms with Crippen molar-refractivity contribution in [3.63, 3.8) is 0 Å². The second-order valence-corrected chi connectivity index (χ2v) is 6.53. The highest BCUT2D eigenvalue weighted by atomic mass is 35.5. The maximum Gasteiger partial charge on any atom is 0.271 e. The van der Waals surface area contributed by atoms with Crippen molar-refractivity contribution in [1.82, 2.24) is 15.1 Å². The first-order valence-electron chi connectivity index (χ1n) is 7.71. The van der Waals surface area contributed by atoms with E-state index in [4.69, 9.17) is 17.3 Å². The van der Waals surface area contributed by atoms with E-state index in [-0.39, 0.29) is 24.4 Å². The maximum absolute atomic E-state index is 12.4. The normalized spacial score (nSPS) is 11.9. The van der Waals surface area contributed by atoms with Gasteiger partial charge >= 0.3 is 0 Å². The first-order chi connectivity index (χ1) is 10.9. The molecule has 1 amide bonds. The molecule has 0 aliphatic carbocycles. The molecule has 0 aliphatic rings. The van der Waals surface area contributed by atoms with Gasteiger partial charge in [-0.05, 0) is 30.5 Å². The van der Waals surface area contributed by atoms with Gasteiger partial charge in [0.15, 0.2) is 0 Å². The summed E-state index contributed by atoms with van der Waals surface area (Å²) in [5.74, 6) is 0.316. The van der Waals surface area contributed by atoms with Crippen molar-refractivity contribution in [2.75, 3.05) is 13.6 Å². The Morgan fingerprint density at radius 3 is 2.54 bits per heavy atom. The molecule has 2 rings (SSSR count). The Labute approximate surface area is 154 Å². The average molecular weight is 371 g/mol. The smallest absolute Gasteiger partial charge is 0.271 e. The number of halogens is 2.